The van der Waals surface area contributed by atoms with Gasteiger partial charge in [0.15, 0.2) is 0 Å². The lowest BCUT2D eigenvalue weighted by molar-refractivity contribution is 0.421. The normalized spacial score (nSPS) is 11.0. The Hall–Kier alpha value is -2.60. The second-order valence-electron chi connectivity index (χ2n) is 6.97. The van der Waals surface area contributed by atoms with Gasteiger partial charge in [-0.2, -0.15) is 11.8 Å². The zero-order valence-electron chi connectivity index (χ0n) is 16.5. The lowest BCUT2D eigenvalue weighted by Gasteiger charge is -2.12. The molecule has 0 saturated heterocycles. The minimum Gasteiger partial charge on any atom is -0.493 e. The molecule has 7 heteroatoms. The summed E-state index contributed by atoms with van der Waals surface area (Å²) >= 11 is 13.8. The van der Waals surface area contributed by atoms with Crippen LogP contribution in [-0.4, -0.2) is 20.2 Å². The number of hydrogen-bond acceptors (Lipinski definition) is 3. The monoisotopic (exact) mass is 470 g/mol. The number of aromatic nitrogens is 2. The van der Waals surface area contributed by atoms with Gasteiger partial charge in [-0.05, 0) is 66.3 Å². The van der Waals surface area contributed by atoms with Gasteiger partial charge in [0.05, 0.1) is 16.9 Å². The first-order valence-corrected chi connectivity index (χ1v) is 11.6. The zero-order chi connectivity index (χ0) is 21.8. The molecular formula is C24H20Cl2N2O2S. The van der Waals surface area contributed by atoms with E-state index in [1.807, 2.05) is 18.2 Å². The fourth-order valence-corrected chi connectivity index (χ4v) is 4.50. The average molecular weight is 471 g/mol. The summed E-state index contributed by atoms with van der Waals surface area (Å²) < 4.78 is 2.98. The van der Waals surface area contributed by atoms with Crippen molar-refractivity contribution in [2.24, 2.45) is 0 Å². The summed E-state index contributed by atoms with van der Waals surface area (Å²) in [5, 5.41) is 12.2. The molecule has 0 fully saturated rings. The smallest absolute Gasteiger partial charge is 0.278 e. The van der Waals surface area contributed by atoms with E-state index < -0.39 is 0 Å². The van der Waals surface area contributed by atoms with E-state index in [2.05, 4.69) is 12.1 Å². The van der Waals surface area contributed by atoms with Crippen LogP contribution in [0.15, 0.2) is 83.7 Å². The zero-order valence-corrected chi connectivity index (χ0v) is 18.9. The highest BCUT2D eigenvalue weighted by Crippen LogP contribution is 2.26. The van der Waals surface area contributed by atoms with Crippen LogP contribution in [0.1, 0.15) is 11.1 Å². The third-order valence-electron chi connectivity index (χ3n) is 4.87. The minimum atomic E-state index is -0.255. The number of hydrogen-bond donors (Lipinski definition) is 1. The van der Waals surface area contributed by atoms with Crippen molar-refractivity contribution in [3.05, 3.63) is 110 Å². The Bertz CT molecular complexity index is 1220. The van der Waals surface area contributed by atoms with Crippen LogP contribution in [0, 0.1) is 0 Å². The van der Waals surface area contributed by atoms with Gasteiger partial charge in [0, 0.05) is 15.8 Å². The van der Waals surface area contributed by atoms with E-state index in [0.29, 0.717) is 39.2 Å². The lowest BCUT2D eigenvalue weighted by Crippen LogP contribution is -2.21. The molecule has 0 aliphatic carbocycles. The van der Waals surface area contributed by atoms with Crippen LogP contribution in [0.3, 0.4) is 0 Å². The maximum absolute atomic E-state index is 13.3. The molecular weight excluding hydrogens is 451 g/mol. The summed E-state index contributed by atoms with van der Waals surface area (Å²) in [4.78, 5) is 13.3. The van der Waals surface area contributed by atoms with Crippen molar-refractivity contribution in [2.75, 3.05) is 5.75 Å². The van der Waals surface area contributed by atoms with Gasteiger partial charge in [-0.3, -0.25) is 4.79 Å². The molecule has 0 aliphatic heterocycles. The molecule has 1 heterocycles. The van der Waals surface area contributed by atoms with Gasteiger partial charge >= 0.3 is 0 Å². The van der Waals surface area contributed by atoms with Crippen LogP contribution in [0.25, 0.3) is 11.4 Å². The molecule has 158 valence electrons. The Balaban J connectivity index is 1.67. The predicted octanol–water partition coefficient (Wildman–Crippen LogP) is 6.12. The lowest BCUT2D eigenvalue weighted by atomic mass is 10.2. The Labute approximate surface area is 194 Å². The molecule has 0 atom stereocenters. The molecule has 4 aromatic rings. The van der Waals surface area contributed by atoms with Gasteiger partial charge in [0.25, 0.3) is 5.56 Å². The van der Waals surface area contributed by atoms with E-state index in [0.717, 1.165) is 5.75 Å². The first-order chi connectivity index (χ1) is 15.0. The maximum atomic E-state index is 13.3. The van der Waals surface area contributed by atoms with E-state index >= 15 is 0 Å². The molecule has 3 aromatic carbocycles. The van der Waals surface area contributed by atoms with Gasteiger partial charge in [-0.1, -0.05) is 53.5 Å². The summed E-state index contributed by atoms with van der Waals surface area (Å²) in [6.07, 6.45) is 0.455. The van der Waals surface area contributed by atoms with Gasteiger partial charge in [-0.15, -0.1) is 0 Å². The van der Waals surface area contributed by atoms with E-state index in [9.17, 15) is 9.90 Å². The quantitative estimate of drug-likeness (QED) is 0.331. The van der Waals surface area contributed by atoms with Crippen LogP contribution in [-0.2, 0) is 12.2 Å². The summed E-state index contributed by atoms with van der Waals surface area (Å²) in [5.74, 6) is 1.50. The summed E-state index contributed by atoms with van der Waals surface area (Å²) in [6, 6.07) is 24.1. The van der Waals surface area contributed by atoms with Crippen LogP contribution in [0.4, 0.5) is 0 Å². The molecule has 0 amide bonds. The molecule has 31 heavy (non-hydrogen) atoms. The molecule has 0 bridgehead atoms. The van der Waals surface area contributed by atoms with Crippen LogP contribution < -0.4 is 5.56 Å². The summed E-state index contributed by atoms with van der Waals surface area (Å²) in [5.41, 5.74) is 2.61. The molecule has 0 aliphatic rings. The first-order valence-electron chi connectivity index (χ1n) is 9.74. The number of benzene rings is 3. The van der Waals surface area contributed by atoms with E-state index in [4.69, 9.17) is 23.2 Å². The van der Waals surface area contributed by atoms with Gasteiger partial charge in [0.1, 0.15) is 0 Å². The molecule has 4 rings (SSSR count). The van der Waals surface area contributed by atoms with Crippen molar-refractivity contribution in [3.63, 3.8) is 0 Å². The van der Waals surface area contributed by atoms with Crippen LogP contribution in [0.5, 0.6) is 5.88 Å². The molecule has 1 N–H and O–H groups in total. The number of halogens is 2. The van der Waals surface area contributed by atoms with Crippen molar-refractivity contribution in [1.29, 1.82) is 0 Å². The molecule has 0 saturated carbocycles. The standard InChI is InChI=1S/C24H20Cl2N2O2S/c25-18-6-10-20(11-7-18)27-23(29)22(14-15-31-16-17-4-2-1-3-5-17)24(30)28(27)21-12-8-19(26)9-13-21/h1-13,29H,14-16H2. The Morgan fingerprint density at radius 3 is 1.90 bits per heavy atom. The highest BCUT2D eigenvalue weighted by atomic mass is 35.5. The Kier molecular flexibility index (Phi) is 6.76. The average Bonchev–Trinajstić information content (AvgIpc) is 3.03. The van der Waals surface area contributed by atoms with E-state index in [1.165, 1.54) is 14.9 Å². The SMILES string of the molecule is O=c1c(CCSCc2ccccc2)c(O)n(-c2ccc(Cl)cc2)n1-c1ccc(Cl)cc1. The van der Waals surface area contributed by atoms with Gasteiger partial charge in [0.2, 0.25) is 5.88 Å². The number of rotatable bonds is 7. The van der Waals surface area contributed by atoms with Crippen molar-refractivity contribution < 1.29 is 5.11 Å². The number of thioether (sulfide) groups is 1. The molecule has 4 nitrogen and oxygen atoms in total. The minimum absolute atomic E-state index is 0.0671. The van der Waals surface area contributed by atoms with Crippen molar-refractivity contribution >= 4 is 35.0 Å². The van der Waals surface area contributed by atoms with Gasteiger partial charge in [-0.25, -0.2) is 9.36 Å². The van der Waals surface area contributed by atoms with E-state index in [1.54, 1.807) is 60.3 Å². The van der Waals surface area contributed by atoms with Gasteiger partial charge < -0.3 is 5.11 Å². The van der Waals surface area contributed by atoms with Crippen molar-refractivity contribution in [2.45, 2.75) is 12.2 Å². The third kappa shape index (κ3) is 4.85. The fraction of sp³-hybridized carbons (Fsp3) is 0.125. The fourth-order valence-electron chi connectivity index (χ4n) is 3.33. The summed E-state index contributed by atoms with van der Waals surface area (Å²) in [6.45, 7) is 0. The third-order valence-corrected chi connectivity index (χ3v) is 6.41. The van der Waals surface area contributed by atoms with E-state index in [-0.39, 0.29) is 11.4 Å². The maximum Gasteiger partial charge on any atom is 0.278 e. The second-order valence-corrected chi connectivity index (χ2v) is 8.95. The molecule has 0 radical (unpaired) electrons. The largest absolute Gasteiger partial charge is 0.493 e. The molecule has 0 unspecified atom stereocenters. The predicted molar refractivity (Wildman–Crippen MR) is 129 cm³/mol. The highest BCUT2D eigenvalue weighted by Gasteiger charge is 2.21. The Morgan fingerprint density at radius 1 is 0.774 bits per heavy atom. The number of aromatic hydroxyl groups is 1. The topological polar surface area (TPSA) is 47.2 Å². The van der Waals surface area contributed by atoms with Crippen molar-refractivity contribution in [1.82, 2.24) is 9.36 Å². The molecule has 0 spiro atoms. The van der Waals surface area contributed by atoms with Crippen molar-refractivity contribution in [3.8, 4) is 17.3 Å². The number of nitrogens with zero attached hydrogens (tertiary/aromatic N) is 2. The van der Waals surface area contributed by atoms with Crippen LogP contribution >= 0.6 is 35.0 Å². The highest BCUT2D eigenvalue weighted by molar-refractivity contribution is 7.98. The first kappa shape index (κ1) is 21.6. The molecule has 1 aromatic heterocycles. The second kappa shape index (κ2) is 9.69. The van der Waals surface area contributed by atoms with Crippen LogP contribution in [0.2, 0.25) is 10.0 Å². The Morgan fingerprint density at radius 2 is 1.32 bits per heavy atom. The summed E-state index contributed by atoms with van der Waals surface area (Å²) in [7, 11) is 0.